The first-order valence-corrected chi connectivity index (χ1v) is 10.5. The first-order chi connectivity index (χ1) is 14.1. The summed E-state index contributed by atoms with van der Waals surface area (Å²) in [7, 11) is 0. The third kappa shape index (κ3) is 5.49. The van der Waals surface area contributed by atoms with E-state index in [4.69, 9.17) is 11.6 Å². The van der Waals surface area contributed by atoms with Crippen molar-refractivity contribution in [3.63, 3.8) is 0 Å². The number of aromatic hydroxyl groups is 1. The number of nitrogens with one attached hydrogen (secondary N) is 1. The number of rotatable bonds is 4. The summed E-state index contributed by atoms with van der Waals surface area (Å²) < 4.78 is 0.495. The number of nitrogens with zero attached hydrogens (tertiary/aromatic N) is 1. The Morgan fingerprint density at radius 1 is 1.10 bits per heavy atom. The third-order valence-electron chi connectivity index (χ3n) is 4.53. The van der Waals surface area contributed by atoms with Crippen LogP contribution in [0.5, 0.6) is 5.75 Å². The molecule has 0 unspecified atom stereocenters. The average Bonchev–Trinajstić information content (AvgIpc) is 2.69. The number of anilines is 1. The predicted molar refractivity (Wildman–Crippen MR) is 128 cm³/mol. The molecule has 0 bridgehead atoms. The maximum absolute atomic E-state index is 12.6. The number of carbonyl (C=O) groups is 1. The molecule has 0 saturated carbocycles. The SMILES string of the molecule is CC(C)(C)c1ccc(C(=O)Nc2cccc(N=Cc3cc(Cl)cc(Br)c3O)c2)cc1. The van der Waals surface area contributed by atoms with Gasteiger partial charge >= 0.3 is 0 Å². The molecule has 0 heterocycles. The Morgan fingerprint density at radius 2 is 1.80 bits per heavy atom. The molecular weight excluding hydrogens is 464 g/mol. The second-order valence-corrected chi connectivity index (χ2v) is 9.21. The van der Waals surface area contributed by atoms with Crippen LogP contribution in [0.15, 0.2) is 70.1 Å². The molecule has 0 atom stereocenters. The zero-order valence-corrected chi connectivity index (χ0v) is 19.3. The van der Waals surface area contributed by atoms with Gasteiger partial charge in [0.25, 0.3) is 5.91 Å². The van der Waals surface area contributed by atoms with E-state index in [1.165, 1.54) is 11.8 Å². The zero-order chi connectivity index (χ0) is 21.9. The van der Waals surface area contributed by atoms with Crippen LogP contribution in [0.4, 0.5) is 11.4 Å². The summed E-state index contributed by atoms with van der Waals surface area (Å²) in [5.41, 5.74) is 3.55. The largest absolute Gasteiger partial charge is 0.506 e. The maximum atomic E-state index is 12.6. The van der Waals surface area contributed by atoms with Crippen LogP contribution < -0.4 is 5.32 Å². The van der Waals surface area contributed by atoms with Crippen molar-refractivity contribution in [1.29, 1.82) is 0 Å². The first-order valence-electron chi connectivity index (χ1n) is 9.37. The Kier molecular flexibility index (Phi) is 6.64. The molecule has 0 radical (unpaired) electrons. The van der Waals surface area contributed by atoms with E-state index in [1.54, 1.807) is 36.4 Å². The average molecular weight is 486 g/mol. The number of phenols is 1. The number of benzene rings is 3. The molecule has 0 aliphatic heterocycles. The quantitative estimate of drug-likeness (QED) is 0.387. The Bertz CT molecular complexity index is 1100. The van der Waals surface area contributed by atoms with Crippen molar-refractivity contribution in [2.24, 2.45) is 4.99 Å². The highest BCUT2D eigenvalue weighted by Gasteiger charge is 2.14. The summed E-state index contributed by atoms with van der Waals surface area (Å²) in [4.78, 5) is 17.0. The van der Waals surface area contributed by atoms with Crippen LogP contribution in [-0.4, -0.2) is 17.2 Å². The van der Waals surface area contributed by atoms with Crippen LogP contribution in [0.2, 0.25) is 5.02 Å². The smallest absolute Gasteiger partial charge is 0.255 e. The molecule has 0 fully saturated rings. The number of halogens is 2. The topological polar surface area (TPSA) is 61.7 Å². The Hall–Kier alpha value is -2.63. The Morgan fingerprint density at radius 3 is 2.47 bits per heavy atom. The monoisotopic (exact) mass is 484 g/mol. The summed E-state index contributed by atoms with van der Waals surface area (Å²) in [6.07, 6.45) is 1.53. The van der Waals surface area contributed by atoms with Gasteiger partial charge in [-0.05, 0) is 69.4 Å². The van der Waals surface area contributed by atoms with E-state index in [2.05, 4.69) is 47.0 Å². The summed E-state index contributed by atoms with van der Waals surface area (Å²) >= 11 is 9.28. The van der Waals surface area contributed by atoms with Gasteiger partial charge in [0.15, 0.2) is 0 Å². The van der Waals surface area contributed by atoms with Gasteiger partial charge in [-0.1, -0.05) is 50.6 Å². The van der Waals surface area contributed by atoms with Crippen molar-refractivity contribution < 1.29 is 9.90 Å². The molecule has 6 heteroatoms. The Labute approximate surface area is 189 Å². The number of carbonyl (C=O) groups excluding carboxylic acids is 1. The van der Waals surface area contributed by atoms with Crippen LogP contribution in [0.25, 0.3) is 0 Å². The zero-order valence-electron chi connectivity index (χ0n) is 16.9. The second kappa shape index (κ2) is 9.02. The van der Waals surface area contributed by atoms with E-state index in [0.29, 0.717) is 32.0 Å². The lowest BCUT2D eigenvalue weighted by atomic mass is 9.87. The highest BCUT2D eigenvalue weighted by Crippen LogP contribution is 2.31. The van der Waals surface area contributed by atoms with Crippen molar-refractivity contribution in [2.75, 3.05) is 5.32 Å². The van der Waals surface area contributed by atoms with E-state index in [1.807, 2.05) is 24.3 Å². The van der Waals surface area contributed by atoms with E-state index in [9.17, 15) is 9.90 Å². The van der Waals surface area contributed by atoms with Gasteiger partial charge in [-0.25, -0.2) is 0 Å². The highest BCUT2D eigenvalue weighted by atomic mass is 79.9. The molecule has 0 saturated heterocycles. The maximum Gasteiger partial charge on any atom is 0.255 e. The van der Waals surface area contributed by atoms with Gasteiger partial charge in [0, 0.05) is 28.1 Å². The molecule has 3 aromatic carbocycles. The summed E-state index contributed by atoms with van der Waals surface area (Å²) in [5, 5.41) is 13.5. The lowest BCUT2D eigenvalue weighted by molar-refractivity contribution is 0.102. The van der Waals surface area contributed by atoms with E-state index < -0.39 is 0 Å². The fraction of sp³-hybridized carbons (Fsp3) is 0.167. The lowest BCUT2D eigenvalue weighted by Gasteiger charge is -2.19. The fourth-order valence-corrected chi connectivity index (χ4v) is 3.65. The number of amides is 1. The fourth-order valence-electron chi connectivity index (χ4n) is 2.82. The molecule has 30 heavy (non-hydrogen) atoms. The third-order valence-corrected chi connectivity index (χ3v) is 5.35. The minimum Gasteiger partial charge on any atom is -0.506 e. The van der Waals surface area contributed by atoms with Crippen LogP contribution in [0.3, 0.4) is 0 Å². The van der Waals surface area contributed by atoms with E-state index in [0.717, 1.165) is 0 Å². The molecule has 1 amide bonds. The summed E-state index contributed by atoms with van der Waals surface area (Å²) in [6.45, 7) is 6.40. The first kappa shape index (κ1) is 22.1. The molecule has 154 valence electrons. The normalized spacial score (nSPS) is 11.6. The van der Waals surface area contributed by atoms with Gasteiger partial charge in [-0.3, -0.25) is 9.79 Å². The van der Waals surface area contributed by atoms with Crippen LogP contribution >= 0.6 is 27.5 Å². The van der Waals surface area contributed by atoms with Crippen LogP contribution in [0.1, 0.15) is 42.3 Å². The molecule has 0 aliphatic rings. The van der Waals surface area contributed by atoms with Crippen molar-refractivity contribution in [3.8, 4) is 5.75 Å². The van der Waals surface area contributed by atoms with Gasteiger partial charge in [0.2, 0.25) is 0 Å². The lowest BCUT2D eigenvalue weighted by Crippen LogP contribution is -2.14. The minimum atomic E-state index is -0.187. The number of hydrogen-bond acceptors (Lipinski definition) is 3. The number of aliphatic imine (C=N–C) groups is 1. The highest BCUT2D eigenvalue weighted by molar-refractivity contribution is 9.10. The van der Waals surface area contributed by atoms with Gasteiger partial charge in [0.05, 0.1) is 10.2 Å². The van der Waals surface area contributed by atoms with Gasteiger partial charge < -0.3 is 10.4 Å². The van der Waals surface area contributed by atoms with Gasteiger partial charge in [0.1, 0.15) is 5.75 Å². The molecule has 2 N–H and O–H groups in total. The van der Waals surface area contributed by atoms with Crippen LogP contribution in [0, 0.1) is 0 Å². The van der Waals surface area contributed by atoms with E-state index in [-0.39, 0.29) is 17.1 Å². The van der Waals surface area contributed by atoms with Gasteiger partial charge in [-0.15, -0.1) is 0 Å². The molecule has 4 nitrogen and oxygen atoms in total. The van der Waals surface area contributed by atoms with E-state index >= 15 is 0 Å². The molecule has 3 aromatic rings. The van der Waals surface area contributed by atoms with Crippen LogP contribution in [-0.2, 0) is 5.41 Å². The molecule has 0 aliphatic carbocycles. The molecule has 0 spiro atoms. The van der Waals surface area contributed by atoms with Crippen molar-refractivity contribution in [2.45, 2.75) is 26.2 Å². The molecule has 3 rings (SSSR count). The summed E-state index contributed by atoms with van der Waals surface area (Å²) in [5.74, 6) is -0.126. The van der Waals surface area contributed by atoms with Gasteiger partial charge in [-0.2, -0.15) is 0 Å². The summed E-state index contributed by atoms with van der Waals surface area (Å²) in [6, 6.07) is 18.0. The number of phenolic OH excluding ortho intramolecular Hbond substituents is 1. The molecule has 0 aromatic heterocycles. The number of hydrogen-bond donors (Lipinski definition) is 2. The second-order valence-electron chi connectivity index (χ2n) is 7.92. The predicted octanol–water partition coefficient (Wildman–Crippen LogP) is 7.11. The molecular formula is C24H22BrClN2O2. The Balaban J connectivity index is 1.75. The van der Waals surface area contributed by atoms with Crippen molar-refractivity contribution >= 4 is 51.0 Å². The standard InChI is InChI=1S/C24H22BrClN2O2/c1-24(2,3)17-9-7-15(8-10-17)23(30)28-20-6-4-5-19(13-20)27-14-16-11-18(26)12-21(25)22(16)29/h4-14,29H,1-3H3,(H,28,30). The minimum absolute atomic E-state index is 0.0361. The van der Waals surface area contributed by atoms with Crippen molar-refractivity contribution in [1.82, 2.24) is 0 Å². The van der Waals surface area contributed by atoms with Crippen molar-refractivity contribution in [3.05, 3.63) is 86.8 Å².